The van der Waals surface area contributed by atoms with E-state index in [4.69, 9.17) is 0 Å². The highest BCUT2D eigenvalue weighted by Gasteiger charge is 2.34. The molecule has 1 rings (SSSR count). The van der Waals surface area contributed by atoms with Crippen LogP contribution in [0.1, 0.15) is 39.5 Å². The maximum Gasteiger partial charge on any atom is 0.243 e. The third-order valence-corrected chi connectivity index (χ3v) is 3.70. The highest BCUT2D eigenvalue weighted by Crippen LogP contribution is 2.19. The normalized spacial score (nSPS) is 19.6. The van der Waals surface area contributed by atoms with E-state index >= 15 is 0 Å². The standard InChI is InChI=1S/C14H27N3O2/c1-4-6-11(7-5-2)14(19)17-9-8-16-10-12(17)13(18)15-3/h11-12,16H,4-10H2,1-3H3,(H,15,18). The lowest BCUT2D eigenvalue weighted by Crippen LogP contribution is -2.60. The van der Waals surface area contributed by atoms with E-state index in [0.29, 0.717) is 13.1 Å². The van der Waals surface area contributed by atoms with Crippen molar-refractivity contribution in [2.75, 3.05) is 26.7 Å². The zero-order valence-electron chi connectivity index (χ0n) is 12.4. The molecule has 0 aromatic rings. The van der Waals surface area contributed by atoms with Gasteiger partial charge in [0.25, 0.3) is 0 Å². The molecule has 1 aliphatic rings. The molecule has 2 N–H and O–H groups in total. The van der Waals surface area contributed by atoms with Crippen molar-refractivity contribution in [2.24, 2.45) is 5.92 Å². The number of amides is 2. The Morgan fingerprint density at radius 2 is 1.95 bits per heavy atom. The number of likely N-dealkylation sites (N-methyl/N-ethyl adjacent to an activating group) is 1. The molecule has 5 nitrogen and oxygen atoms in total. The molecule has 1 fully saturated rings. The second-order valence-electron chi connectivity index (χ2n) is 5.14. The number of hydrogen-bond donors (Lipinski definition) is 2. The molecule has 0 bridgehead atoms. The monoisotopic (exact) mass is 269 g/mol. The van der Waals surface area contributed by atoms with E-state index in [9.17, 15) is 9.59 Å². The molecule has 1 aliphatic heterocycles. The van der Waals surface area contributed by atoms with E-state index in [1.54, 1.807) is 11.9 Å². The van der Waals surface area contributed by atoms with Crippen LogP contribution in [-0.4, -0.2) is 49.4 Å². The molecule has 0 spiro atoms. The molecular weight excluding hydrogens is 242 g/mol. The number of carbonyl (C=O) groups excluding carboxylic acids is 2. The van der Waals surface area contributed by atoms with E-state index in [0.717, 1.165) is 32.2 Å². The summed E-state index contributed by atoms with van der Waals surface area (Å²) < 4.78 is 0. The lowest BCUT2D eigenvalue weighted by atomic mass is 9.95. The van der Waals surface area contributed by atoms with Crippen LogP contribution in [0.25, 0.3) is 0 Å². The number of piperazine rings is 1. The molecule has 1 unspecified atom stereocenters. The van der Waals surface area contributed by atoms with Crippen molar-refractivity contribution in [1.82, 2.24) is 15.5 Å². The summed E-state index contributed by atoms with van der Waals surface area (Å²) in [5.74, 6) is 0.145. The van der Waals surface area contributed by atoms with Crippen LogP contribution >= 0.6 is 0 Å². The Labute approximate surface area is 116 Å². The largest absolute Gasteiger partial charge is 0.357 e. The van der Waals surface area contributed by atoms with Gasteiger partial charge in [0.1, 0.15) is 6.04 Å². The minimum atomic E-state index is -0.359. The molecular formula is C14H27N3O2. The highest BCUT2D eigenvalue weighted by atomic mass is 16.2. The first-order valence-electron chi connectivity index (χ1n) is 7.38. The first-order valence-corrected chi connectivity index (χ1v) is 7.38. The second-order valence-corrected chi connectivity index (χ2v) is 5.14. The smallest absolute Gasteiger partial charge is 0.243 e. The fourth-order valence-corrected chi connectivity index (χ4v) is 2.69. The summed E-state index contributed by atoms with van der Waals surface area (Å²) in [6, 6.07) is -0.359. The summed E-state index contributed by atoms with van der Waals surface area (Å²) in [5.41, 5.74) is 0. The maximum atomic E-state index is 12.6. The molecule has 0 aromatic heterocycles. The molecule has 0 aromatic carbocycles. The van der Waals surface area contributed by atoms with E-state index in [1.165, 1.54) is 0 Å². The number of nitrogens with zero attached hydrogens (tertiary/aromatic N) is 1. The average molecular weight is 269 g/mol. The summed E-state index contributed by atoms with van der Waals surface area (Å²) >= 11 is 0. The van der Waals surface area contributed by atoms with Crippen LogP contribution in [0.2, 0.25) is 0 Å². The van der Waals surface area contributed by atoms with Gasteiger partial charge in [-0.3, -0.25) is 9.59 Å². The van der Waals surface area contributed by atoms with Gasteiger partial charge in [0, 0.05) is 32.6 Å². The van der Waals surface area contributed by atoms with Crippen molar-refractivity contribution in [3.63, 3.8) is 0 Å². The maximum absolute atomic E-state index is 12.6. The van der Waals surface area contributed by atoms with Crippen LogP contribution in [0, 0.1) is 5.92 Å². The fraction of sp³-hybridized carbons (Fsp3) is 0.857. The number of hydrogen-bond acceptors (Lipinski definition) is 3. The highest BCUT2D eigenvalue weighted by molar-refractivity contribution is 5.88. The van der Waals surface area contributed by atoms with Crippen molar-refractivity contribution in [3.05, 3.63) is 0 Å². The van der Waals surface area contributed by atoms with Gasteiger partial charge in [0.2, 0.25) is 11.8 Å². The summed E-state index contributed by atoms with van der Waals surface area (Å²) in [7, 11) is 1.62. The second kappa shape index (κ2) is 8.15. The Bertz CT molecular complexity index is 301. The van der Waals surface area contributed by atoms with Crippen molar-refractivity contribution < 1.29 is 9.59 Å². The minimum absolute atomic E-state index is 0.0697. The zero-order valence-corrected chi connectivity index (χ0v) is 12.4. The van der Waals surface area contributed by atoms with Gasteiger partial charge in [-0.2, -0.15) is 0 Å². The molecule has 110 valence electrons. The average Bonchev–Trinajstić information content (AvgIpc) is 2.45. The third kappa shape index (κ3) is 4.20. The third-order valence-electron chi connectivity index (χ3n) is 3.70. The van der Waals surface area contributed by atoms with Gasteiger partial charge in [-0.15, -0.1) is 0 Å². The molecule has 2 amide bonds. The Balaban J connectivity index is 2.76. The fourth-order valence-electron chi connectivity index (χ4n) is 2.69. The van der Waals surface area contributed by atoms with E-state index < -0.39 is 0 Å². The van der Waals surface area contributed by atoms with Crippen LogP contribution in [0.5, 0.6) is 0 Å². The Kier molecular flexibility index (Phi) is 6.84. The lowest BCUT2D eigenvalue weighted by molar-refractivity contribution is -0.145. The van der Waals surface area contributed by atoms with Crippen LogP contribution in [0.4, 0.5) is 0 Å². The Morgan fingerprint density at radius 1 is 1.32 bits per heavy atom. The predicted octanol–water partition coefficient (Wildman–Crippen LogP) is 0.749. The van der Waals surface area contributed by atoms with Gasteiger partial charge < -0.3 is 15.5 Å². The van der Waals surface area contributed by atoms with Crippen LogP contribution < -0.4 is 10.6 Å². The van der Waals surface area contributed by atoms with Gasteiger partial charge in [0.05, 0.1) is 0 Å². The van der Waals surface area contributed by atoms with Gasteiger partial charge >= 0.3 is 0 Å². The predicted molar refractivity (Wildman–Crippen MR) is 75.7 cm³/mol. The van der Waals surface area contributed by atoms with E-state index in [2.05, 4.69) is 24.5 Å². The molecule has 1 heterocycles. The molecule has 0 aliphatic carbocycles. The number of nitrogens with one attached hydrogen (secondary N) is 2. The minimum Gasteiger partial charge on any atom is -0.357 e. The summed E-state index contributed by atoms with van der Waals surface area (Å²) in [6.07, 6.45) is 3.84. The summed E-state index contributed by atoms with van der Waals surface area (Å²) in [5, 5.41) is 5.83. The quantitative estimate of drug-likeness (QED) is 0.748. The molecule has 1 atom stereocenters. The van der Waals surface area contributed by atoms with Crippen molar-refractivity contribution in [1.29, 1.82) is 0 Å². The van der Waals surface area contributed by atoms with E-state index in [-0.39, 0.29) is 23.8 Å². The van der Waals surface area contributed by atoms with Gasteiger partial charge in [-0.05, 0) is 12.8 Å². The Hall–Kier alpha value is -1.10. The number of rotatable bonds is 6. The molecule has 0 saturated carbocycles. The molecule has 1 saturated heterocycles. The van der Waals surface area contributed by atoms with Crippen molar-refractivity contribution in [3.8, 4) is 0 Å². The first-order chi connectivity index (χ1) is 9.15. The van der Waals surface area contributed by atoms with Crippen molar-refractivity contribution >= 4 is 11.8 Å². The van der Waals surface area contributed by atoms with Gasteiger partial charge in [-0.25, -0.2) is 0 Å². The molecule has 0 radical (unpaired) electrons. The Morgan fingerprint density at radius 3 is 2.47 bits per heavy atom. The van der Waals surface area contributed by atoms with E-state index in [1.807, 2.05) is 0 Å². The zero-order chi connectivity index (χ0) is 14.3. The summed E-state index contributed by atoms with van der Waals surface area (Å²) in [6.45, 7) is 6.15. The van der Waals surface area contributed by atoms with Crippen LogP contribution in [0.3, 0.4) is 0 Å². The molecule has 5 heteroatoms. The van der Waals surface area contributed by atoms with Gasteiger partial charge in [0.15, 0.2) is 0 Å². The number of carbonyl (C=O) groups is 2. The van der Waals surface area contributed by atoms with Crippen LogP contribution in [0.15, 0.2) is 0 Å². The SMILES string of the molecule is CCCC(CCC)C(=O)N1CCNCC1C(=O)NC. The van der Waals surface area contributed by atoms with Crippen molar-refractivity contribution in [2.45, 2.75) is 45.6 Å². The topological polar surface area (TPSA) is 61.4 Å². The van der Waals surface area contributed by atoms with Gasteiger partial charge in [-0.1, -0.05) is 26.7 Å². The summed E-state index contributed by atoms with van der Waals surface area (Å²) in [4.78, 5) is 26.3. The van der Waals surface area contributed by atoms with Crippen LogP contribution in [-0.2, 0) is 9.59 Å². The lowest BCUT2D eigenvalue weighted by Gasteiger charge is -2.37. The molecule has 19 heavy (non-hydrogen) atoms. The first kappa shape index (κ1) is 16.0.